The molecule has 6 heteroatoms. The molecular weight excluding hydrogens is 256 g/mol. The first-order valence-corrected chi connectivity index (χ1v) is 6.86. The average molecular weight is 278 g/mol. The lowest BCUT2D eigenvalue weighted by Gasteiger charge is -2.26. The van der Waals surface area contributed by atoms with Crippen molar-refractivity contribution in [2.45, 2.75) is 13.0 Å². The van der Waals surface area contributed by atoms with E-state index in [1.165, 1.54) is 5.56 Å². The summed E-state index contributed by atoms with van der Waals surface area (Å²) >= 11 is 0. The Kier molecular flexibility index (Phi) is 5.34. The van der Waals surface area contributed by atoms with Crippen molar-refractivity contribution in [1.29, 1.82) is 0 Å². The Hall–Kier alpha value is -1.63. The van der Waals surface area contributed by atoms with E-state index in [9.17, 15) is 4.79 Å². The van der Waals surface area contributed by atoms with Crippen LogP contribution >= 0.6 is 0 Å². The second-order valence-corrected chi connectivity index (χ2v) is 4.80. The van der Waals surface area contributed by atoms with Crippen molar-refractivity contribution in [3.8, 4) is 0 Å². The van der Waals surface area contributed by atoms with E-state index in [2.05, 4.69) is 23.0 Å². The van der Waals surface area contributed by atoms with Gasteiger partial charge in [0, 0.05) is 24.8 Å². The van der Waals surface area contributed by atoms with E-state index >= 15 is 0 Å². The van der Waals surface area contributed by atoms with Gasteiger partial charge >= 0.3 is 6.03 Å². The Balaban J connectivity index is 1.84. The number of hydrogen-bond acceptors (Lipinski definition) is 4. The Morgan fingerprint density at radius 2 is 1.90 bits per heavy atom. The molecule has 0 saturated carbocycles. The molecule has 0 radical (unpaired) electrons. The molecule has 20 heavy (non-hydrogen) atoms. The molecular formula is C14H22N4O2. The summed E-state index contributed by atoms with van der Waals surface area (Å²) in [6.07, 6.45) is 0. The Morgan fingerprint density at radius 1 is 1.25 bits per heavy atom. The molecule has 110 valence electrons. The van der Waals surface area contributed by atoms with Gasteiger partial charge in [-0.3, -0.25) is 5.43 Å². The van der Waals surface area contributed by atoms with Crippen LogP contribution in [0.5, 0.6) is 0 Å². The van der Waals surface area contributed by atoms with Gasteiger partial charge in [0.05, 0.1) is 13.2 Å². The van der Waals surface area contributed by atoms with Crippen LogP contribution in [-0.2, 0) is 4.74 Å². The van der Waals surface area contributed by atoms with Gasteiger partial charge in [0.2, 0.25) is 0 Å². The van der Waals surface area contributed by atoms with E-state index in [-0.39, 0.29) is 6.03 Å². The summed E-state index contributed by atoms with van der Waals surface area (Å²) < 4.78 is 5.23. The number of carbonyl (C=O) groups excluding carboxylic acids is 1. The maximum absolute atomic E-state index is 11.8. The zero-order chi connectivity index (χ0) is 14.4. The smallest absolute Gasteiger partial charge is 0.333 e. The van der Waals surface area contributed by atoms with Crippen LogP contribution in [0, 0.1) is 0 Å². The lowest BCUT2D eigenvalue weighted by molar-refractivity contribution is 0.0207. The number of hydrazine groups is 1. The topological polar surface area (TPSA) is 65.6 Å². The van der Waals surface area contributed by atoms with Gasteiger partial charge in [-0.1, -0.05) is 12.1 Å². The van der Waals surface area contributed by atoms with Gasteiger partial charge in [0.15, 0.2) is 0 Å². The van der Waals surface area contributed by atoms with Crippen molar-refractivity contribution in [3.63, 3.8) is 0 Å². The van der Waals surface area contributed by atoms with Crippen molar-refractivity contribution < 1.29 is 9.53 Å². The van der Waals surface area contributed by atoms with E-state index in [0.29, 0.717) is 32.3 Å². The van der Waals surface area contributed by atoms with Gasteiger partial charge in [0.1, 0.15) is 0 Å². The molecule has 1 aliphatic rings. The van der Waals surface area contributed by atoms with Crippen LogP contribution in [-0.4, -0.2) is 44.4 Å². The highest BCUT2D eigenvalue weighted by Crippen LogP contribution is 2.15. The highest BCUT2D eigenvalue weighted by Gasteiger charge is 2.12. The molecule has 6 nitrogen and oxygen atoms in total. The van der Waals surface area contributed by atoms with E-state index in [1.54, 1.807) is 0 Å². The highest BCUT2D eigenvalue weighted by molar-refractivity contribution is 5.88. The number of amides is 2. The Morgan fingerprint density at radius 3 is 2.50 bits per heavy atom. The first-order valence-electron chi connectivity index (χ1n) is 6.86. The van der Waals surface area contributed by atoms with Crippen LogP contribution in [0.2, 0.25) is 0 Å². The van der Waals surface area contributed by atoms with Gasteiger partial charge in [-0.05, 0) is 31.7 Å². The quantitative estimate of drug-likeness (QED) is 0.777. The molecule has 1 aromatic rings. The normalized spacial score (nSPS) is 17.5. The molecule has 1 saturated heterocycles. The van der Waals surface area contributed by atoms with Crippen molar-refractivity contribution >= 4 is 11.7 Å². The first-order chi connectivity index (χ1) is 9.69. The molecule has 0 aliphatic carbocycles. The standard InChI is InChI=1S/C14H22N4O2/c1-11(15-2)12-3-5-13(6-4-12)16-14(19)17-18-7-9-20-10-8-18/h3-6,11,15H,7-10H2,1-2H3,(H2,16,17,19). The number of hydrogen-bond donors (Lipinski definition) is 3. The number of morpholine rings is 1. The van der Waals surface area contributed by atoms with Crippen molar-refractivity contribution in [3.05, 3.63) is 29.8 Å². The van der Waals surface area contributed by atoms with Crippen LogP contribution in [0.25, 0.3) is 0 Å². The summed E-state index contributed by atoms with van der Waals surface area (Å²) in [5.74, 6) is 0. The number of anilines is 1. The molecule has 0 spiro atoms. The molecule has 1 atom stereocenters. The molecule has 0 bridgehead atoms. The van der Waals surface area contributed by atoms with E-state index in [0.717, 1.165) is 5.69 Å². The second-order valence-electron chi connectivity index (χ2n) is 4.80. The molecule has 1 fully saturated rings. The number of nitrogens with zero attached hydrogens (tertiary/aromatic N) is 1. The summed E-state index contributed by atoms with van der Waals surface area (Å²) in [5, 5.41) is 7.86. The van der Waals surface area contributed by atoms with Crippen LogP contribution < -0.4 is 16.1 Å². The number of rotatable bonds is 4. The van der Waals surface area contributed by atoms with Crippen LogP contribution in [0.4, 0.5) is 10.5 Å². The van der Waals surface area contributed by atoms with Crippen LogP contribution in [0.1, 0.15) is 18.5 Å². The summed E-state index contributed by atoms with van der Waals surface area (Å²) in [7, 11) is 1.92. The van der Waals surface area contributed by atoms with Crippen molar-refractivity contribution in [2.75, 3.05) is 38.7 Å². The average Bonchev–Trinajstić information content (AvgIpc) is 2.48. The van der Waals surface area contributed by atoms with Gasteiger partial charge in [-0.25, -0.2) is 9.80 Å². The molecule has 1 aliphatic heterocycles. The lowest BCUT2D eigenvalue weighted by atomic mass is 10.1. The van der Waals surface area contributed by atoms with Gasteiger partial charge in [0.25, 0.3) is 0 Å². The number of benzene rings is 1. The van der Waals surface area contributed by atoms with E-state index in [4.69, 9.17) is 4.74 Å². The second kappa shape index (κ2) is 7.23. The fraction of sp³-hybridized carbons (Fsp3) is 0.500. The highest BCUT2D eigenvalue weighted by atomic mass is 16.5. The van der Waals surface area contributed by atoms with Crippen molar-refractivity contribution in [1.82, 2.24) is 15.8 Å². The molecule has 1 aromatic carbocycles. The van der Waals surface area contributed by atoms with Gasteiger partial charge < -0.3 is 15.4 Å². The molecule has 2 amide bonds. The minimum absolute atomic E-state index is 0.221. The Bertz CT molecular complexity index is 429. The summed E-state index contributed by atoms with van der Waals surface area (Å²) in [6, 6.07) is 7.90. The predicted octanol–water partition coefficient (Wildman–Crippen LogP) is 1.34. The third-order valence-electron chi connectivity index (χ3n) is 3.37. The fourth-order valence-electron chi connectivity index (χ4n) is 2.00. The Labute approximate surface area is 119 Å². The maximum Gasteiger partial charge on any atom is 0.333 e. The monoisotopic (exact) mass is 278 g/mol. The maximum atomic E-state index is 11.8. The SMILES string of the molecule is CNC(C)c1ccc(NC(=O)NN2CCOCC2)cc1. The van der Waals surface area contributed by atoms with Crippen LogP contribution in [0.15, 0.2) is 24.3 Å². The summed E-state index contributed by atoms with van der Waals surface area (Å²) in [5.41, 5.74) is 4.77. The third kappa shape index (κ3) is 4.19. The summed E-state index contributed by atoms with van der Waals surface area (Å²) in [4.78, 5) is 11.8. The summed E-state index contributed by atoms with van der Waals surface area (Å²) in [6.45, 7) is 4.82. The van der Waals surface area contributed by atoms with E-state index < -0.39 is 0 Å². The van der Waals surface area contributed by atoms with Crippen molar-refractivity contribution in [2.24, 2.45) is 0 Å². The number of nitrogens with one attached hydrogen (secondary N) is 3. The molecule has 1 heterocycles. The first kappa shape index (κ1) is 14.8. The lowest BCUT2D eigenvalue weighted by Crippen LogP contribution is -2.49. The largest absolute Gasteiger partial charge is 0.379 e. The molecule has 1 unspecified atom stereocenters. The van der Waals surface area contributed by atoms with Gasteiger partial charge in [-0.2, -0.15) is 0 Å². The molecule has 2 rings (SSSR count). The van der Waals surface area contributed by atoms with Gasteiger partial charge in [-0.15, -0.1) is 0 Å². The fourth-order valence-corrected chi connectivity index (χ4v) is 2.00. The third-order valence-corrected chi connectivity index (χ3v) is 3.37. The van der Waals surface area contributed by atoms with E-state index in [1.807, 2.05) is 36.3 Å². The minimum atomic E-state index is -0.221. The molecule has 0 aromatic heterocycles. The minimum Gasteiger partial charge on any atom is -0.379 e. The zero-order valence-corrected chi connectivity index (χ0v) is 12.0. The molecule has 3 N–H and O–H groups in total. The number of carbonyl (C=O) groups is 1. The van der Waals surface area contributed by atoms with Crippen LogP contribution in [0.3, 0.4) is 0 Å². The zero-order valence-electron chi connectivity index (χ0n) is 12.0. The number of ether oxygens (including phenoxy) is 1. The number of urea groups is 1. The predicted molar refractivity (Wildman–Crippen MR) is 78.5 cm³/mol.